The molecule has 1 aromatic heterocycles. The number of benzene rings is 2. The Balaban J connectivity index is 1.73. The van der Waals surface area contributed by atoms with Crippen molar-refractivity contribution in [1.82, 2.24) is 14.5 Å². The first-order valence-corrected chi connectivity index (χ1v) is 9.67. The van der Waals surface area contributed by atoms with Crippen LogP contribution in [0.25, 0.3) is 16.6 Å². The number of carbonyl (C=O) groups is 2. The number of carbonyl (C=O) groups excluding carboxylic acids is 2. The topological polar surface area (TPSA) is 72.3 Å². The van der Waals surface area contributed by atoms with Crippen LogP contribution in [0.15, 0.2) is 64.5 Å². The Hall–Kier alpha value is -2.93. The first-order chi connectivity index (χ1) is 13.1. The number of nitrogens with zero attached hydrogens (tertiary/aromatic N) is 3. The predicted molar refractivity (Wildman–Crippen MR) is 104 cm³/mol. The molecule has 2 amide bonds. The number of hydrogen-bond acceptors (Lipinski definition) is 5. The molecule has 0 spiro atoms. The van der Waals surface area contributed by atoms with Crippen LogP contribution < -0.4 is 5.56 Å². The van der Waals surface area contributed by atoms with Gasteiger partial charge in [0.1, 0.15) is 0 Å². The Labute approximate surface area is 159 Å². The lowest BCUT2D eigenvalue weighted by molar-refractivity contribution is -0.140. The summed E-state index contributed by atoms with van der Waals surface area (Å²) in [5.41, 5.74) is 1.09. The third-order valence-corrected chi connectivity index (χ3v) is 5.38. The summed E-state index contributed by atoms with van der Waals surface area (Å²) in [7, 11) is 0. The molecule has 1 aliphatic rings. The molecule has 2 aromatic carbocycles. The number of imide groups is 1. The minimum Gasteiger partial charge on any atom is -0.282 e. The summed E-state index contributed by atoms with van der Waals surface area (Å²) in [6.45, 7) is 0.467. The molecule has 0 atom stereocenters. The van der Waals surface area contributed by atoms with Crippen molar-refractivity contribution in [1.29, 1.82) is 0 Å². The largest absolute Gasteiger partial charge is 0.282 e. The normalized spacial score (nSPS) is 14.1. The maximum atomic E-state index is 13.1. The Kier molecular flexibility index (Phi) is 4.77. The van der Waals surface area contributed by atoms with E-state index in [1.54, 1.807) is 18.2 Å². The summed E-state index contributed by atoms with van der Waals surface area (Å²) in [6, 6.07) is 16.4. The Morgan fingerprint density at radius 3 is 2.52 bits per heavy atom. The molecule has 6 nitrogen and oxygen atoms in total. The van der Waals surface area contributed by atoms with E-state index in [0.717, 1.165) is 0 Å². The molecule has 2 heterocycles. The summed E-state index contributed by atoms with van der Waals surface area (Å²) in [5.74, 6) is -0.319. The first kappa shape index (κ1) is 17.5. The van der Waals surface area contributed by atoms with Crippen molar-refractivity contribution in [3.63, 3.8) is 0 Å². The third kappa shape index (κ3) is 3.38. The van der Waals surface area contributed by atoms with Gasteiger partial charge in [0.05, 0.1) is 22.3 Å². The van der Waals surface area contributed by atoms with Gasteiger partial charge in [-0.15, -0.1) is 0 Å². The monoisotopic (exact) mass is 379 g/mol. The van der Waals surface area contributed by atoms with Crippen molar-refractivity contribution >= 4 is 34.5 Å². The van der Waals surface area contributed by atoms with Gasteiger partial charge in [0.2, 0.25) is 11.8 Å². The fraction of sp³-hybridized carbons (Fsp3) is 0.200. The van der Waals surface area contributed by atoms with Gasteiger partial charge in [0, 0.05) is 13.0 Å². The first-order valence-electron chi connectivity index (χ1n) is 8.68. The number of thioether (sulfide) groups is 1. The summed E-state index contributed by atoms with van der Waals surface area (Å²) < 4.78 is 1.52. The van der Waals surface area contributed by atoms with Crippen LogP contribution in [0.1, 0.15) is 12.8 Å². The number of hydrogen-bond donors (Lipinski definition) is 0. The second-order valence-corrected chi connectivity index (χ2v) is 7.16. The molecule has 0 N–H and O–H groups in total. The van der Waals surface area contributed by atoms with Gasteiger partial charge >= 0.3 is 0 Å². The molecule has 136 valence electrons. The van der Waals surface area contributed by atoms with Crippen molar-refractivity contribution in [2.24, 2.45) is 0 Å². The molecule has 0 bridgehead atoms. The molecule has 0 unspecified atom stereocenters. The van der Waals surface area contributed by atoms with Crippen LogP contribution in [-0.2, 0) is 9.59 Å². The zero-order chi connectivity index (χ0) is 18.8. The SMILES string of the molecule is O=C1CCCN1C(=O)CSc1nc2ccccc2c(=O)n1-c1ccccc1. The minimum atomic E-state index is -0.246. The van der Waals surface area contributed by atoms with E-state index in [0.29, 0.717) is 41.1 Å². The highest BCUT2D eigenvalue weighted by molar-refractivity contribution is 7.99. The van der Waals surface area contributed by atoms with E-state index in [9.17, 15) is 14.4 Å². The lowest BCUT2D eigenvalue weighted by atomic mass is 10.2. The molecule has 7 heteroatoms. The van der Waals surface area contributed by atoms with Gasteiger partial charge in [-0.05, 0) is 30.7 Å². The van der Waals surface area contributed by atoms with Gasteiger partial charge in [-0.2, -0.15) is 0 Å². The second-order valence-electron chi connectivity index (χ2n) is 6.22. The smallest absolute Gasteiger partial charge is 0.266 e. The maximum absolute atomic E-state index is 13.1. The highest BCUT2D eigenvalue weighted by Crippen LogP contribution is 2.22. The molecular formula is C20H17N3O3S. The van der Waals surface area contributed by atoms with Crippen molar-refractivity contribution < 1.29 is 9.59 Å². The van der Waals surface area contributed by atoms with Crippen LogP contribution in [0.3, 0.4) is 0 Å². The number of fused-ring (bicyclic) bond motifs is 1. The van der Waals surface area contributed by atoms with Gasteiger partial charge in [-0.1, -0.05) is 42.1 Å². The van der Waals surface area contributed by atoms with E-state index in [4.69, 9.17) is 0 Å². The van der Waals surface area contributed by atoms with E-state index in [2.05, 4.69) is 4.98 Å². The van der Waals surface area contributed by atoms with Crippen molar-refractivity contribution in [2.45, 2.75) is 18.0 Å². The summed E-state index contributed by atoms with van der Waals surface area (Å²) >= 11 is 1.18. The molecule has 4 rings (SSSR count). The predicted octanol–water partition coefficient (Wildman–Crippen LogP) is 2.63. The average molecular weight is 379 g/mol. The minimum absolute atomic E-state index is 0.0589. The van der Waals surface area contributed by atoms with Crippen LogP contribution in [0.2, 0.25) is 0 Å². The summed E-state index contributed by atoms with van der Waals surface area (Å²) in [5, 5.41) is 0.955. The molecule has 1 aliphatic heterocycles. The number of amides is 2. The van der Waals surface area contributed by atoms with E-state index in [1.807, 2.05) is 36.4 Å². The maximum Gasteiger partial charge on any atom is 0.266 e. The molecule has 3 aromatic rings. The van der Waals surface area contributed by atoms with Crippen molar-refractivity contribution in [3.05, 3.63) is 65.0 Å². The zero-order valence-corrected chi connectivity index (χ0v) is 15.3. The van der Waals surface area contributed by atoms with Crippen molar-refractivity contribution in [3.8, 4) is 5.69 Å². The molecular weight excluding hydrogens is 362 g/mol. The van der Waals surface area contributed by atoms with E-state index in [1.165, 1.54) is 21.2 Å². The molecule has 1 saturated heterocycles. The molecule has 1 fully saturated rings. The Bertz CT molecular complexity index is 1080. The van der Waals surface area contributed by atoms with Gasteiger partial charge in [-0.25, -0.2) is 4.98 Å². The Morgan fingerprint density at radius 1 is 1.04 bits per heavy atom. The molecule has 27 heavy (non-hydrogen) atoms. The van der Waals surface area contributed by atoms with Crippen LogP contribution in [0.5, 0.6) is 0 Å². The van der Waals surface area contributed by atoms with Crippen LogP contribution in [-0.4, -0.2) is 38.6 Å². The molecule has 0 saturated carbocycles. The lowest BCUT2D eigenvalue weighted by Crippen LogP contribution is -2.33. The average Bonchev–Trinajstić information content (AvgIpc) is 3.13. The molecule has 0 radical (unpaired) electrons. The van der Waals surface area contributed by atoms with Crippen LogP contribution in [0, 0.1) is 0 Å². The van der Waals surface area contributed by atoms with Crippen LogP contribution >= 0.6 is 11.8 Å². The van der Waals surface area contributed by atoms with Gasteiger partial charge in [0.15, 0.2) is 5.16 Å². The summed E-state index contributed by atoms with van der Waals surface area (Å²) in [6.07, 6.45) is 1.12. The number of para-hydroxylation sites is 2. The zero-order valence-electron chi connectivity index (χ0n) is 14.5. The fourth-order valence-corrected chi connectivity index (χ4v) is 4.02. The fourth-order valence-electron chi connectivity index (χ4n) is 3.13. The second kappa shape index (κ2) is 7.36. The summed E-state index contributed by atoms with van der Waals surface area (Å²) in [4.78, 5) is 43.1. The third-order valence-electron chi connectivity index (χ3n) is 4.46. The number of rotatable bonds is 4. The van der Waals surface area contributed by atoms with E-state index >= 15 is 0 Å². The quantitative estimate of drug-likeness (QED) is 0.515. The standard InChI is InChI=1S/C20H17N3O3S/c24-17-11-6-12-22(17)18(25)13-27-20-21-16-10-5-4-9-15(16)19(26)23(20)14-7-2-1-3-8-14/h1-5,7-10H,6,11-13H2. The van der Waals surface area contributed by atoms with Gasteiger partial charge in [-0.3, -0.25) is 23.9 Å². The Morgan fingerprint density at radius 2 is 1.78 bits per heavy atom. The molecule has 0 aliphatic carbocycles. The van der Waals surface area contributed by atoms with Crippen molar-refractivity contribution in [2.75, 3.05) is 12.3 Å². The highest BCUT2D eigenvalue weighted by Gasteiger charge is 2.26. The van der Waals surface area contributed by atoms with Crippen LogP contribution in [0.4, 0.5) is 0 Å². The van der Waals surface area contributed by atoms with Gasteiger partial charge in [0.25, 0.3) is 5.56 Å². The highest BCUT2D eigenvalue weighted by atomic mass is 32.2. The number of likely N-dealkylation sites (tertiary alicyclic amines) is 1. The van der Waals surface area contributed by atoms with E-state index in [-0.39, 0.29) is 23.1 Å². The number of aromatic nitrogens is 2. The van der Waals surface area contributed by atoms with E-state index < -0.39 is 0 Å². The lowest BCUT2D eigenvalue weighted by Gasteiger charge is -2.15. The van der Waals surface area contributed by atoms with Gasteiger partial charge < -0.3 is 0 Å².